The minimum Gasteiger partial charge on any atom is -0.369 e. The Morgan fingerprint density at radius 2 is 2.00 bits per heavy atom. The normalized spacial score (nSPS) is 15.9. The van der Waals surface area contributed by atoms with Gasteiger partial charge in [0.15, 0.2) is 5.82 Å². The summed E-state index contributed by atoms with van der Waals surface area (Å²) in [4.78, 5) is 15.5. The molecular weight excluding hydrogens is 443 g/mol. The quantitative estimate of drug-likeness (QED) is 0.404. The molecule has 4 aromatic rings. The molecule has 1 fully saturated rings. The summed E-state index contributed by atoms with van der Waals surface area (Å²) in [5.41, 5.74) is 4.00. The molecule has 0 radical (unpaired) electrons. The maximum atomic E-state index is 14.8. The van der Waals surface area contributed by atoms with Crippen molar-refractivity contribution in [1.29, 1.82) is 0 Å². The van der Waals surface area contributed by atoms with Gasteiger partial charge in [-0.1, -0.05) is 26.8 Å². The molecule has 0 amide bonds. The number of rotatable bonds is 7. The summed E-state index contributed by atoms with van der Waals surface area (Å²) < 4.78 is 16.7. The minimum atomic E-state index is -0.475. The summed E-state index contributed by atoms with van der Waals surface area (Å²) in [6.07, 6.45) is 4.18. The second-order valence-corrected chi connectivity index (χ2v) is 9.30. The highest BCUT2D eigenvalue weighted by Crippen LogP contribution is 2.30. The van der Waals surface area contributed by atoms with E-state index in [0.29, 0.717) is 23.4 Å². The second kappa shape index (κ2) is 9.58. The monoisotopic (exact) mass is 474 g/mol. The van der Waals surface area contributed by atoms with Crippen molar-refractivity contribution in [3.05, 3.63) is 54.2 Å². The summed E-state index contributed by atoms with van der Waals surface area (Å²) >= 11 is 0. The third-order valence-electron chi connectivity index (χ3n) is 6.48. The van der Waals surface area contributed by atoms with Crippen LogP contribution in [-0.4, -0.2) is 50.4 Å². The van der Waals surface area contributed by atoms with Crippen LogP contribution >= 0.6 is 0 Å². The first kappa shape index (κ1) is 23.2. The Balaban J connectivity index is 1.37. The second-order valence-electron chi connectivity index (χ2n) is 9.30. The highest BCUT2D eigenvalue weighted by molar-refractivity contribution is 5.86. The van der Waals surface area contributed by atoms with E-state index in [1.54, 1.807) is 0 Å². The van der Waals surface area contributed by atoms with Crippen LogP contribution in [0.25, 0.3) is 22.2 Å². The molecular formula is C26H31FN8. The lowest BCUT2D eigenvalue weighted by Gasteiger charge is -2.18. The molecule has 0 aliphatic carbocycles. The molecule has 9 heteroatoms. The first-order chi connectivity index (χ1) is 16.9. The number of anilines is 3. The van der Waals surface area contributed by atoms with Gasteiger partial charge in [0.05, 0.1) is 23.6 Å². The predicted molar refractivity (Wildman–Crippen MR) is 138 cm³/mol. The Morgan fingerprint density at radius 1 is 1.14 bits per heavy atom. The molecule has 3 aromatic heterocycles. The largest absolute Gasteiger partial charge is 0.369 e. The van der Waals surface area contributed by atoms with Gasteiger partial charge in [0.1, 0.15) is 11.5 Å². The Hall–Kier alpha value is -3.59. The van der Waals surface area contributed by atoms with Gasteiger partial charge < -0.3 is 15.5 Å². The van der Waals surface area contributed by atoms with Crippen molar-refractivity contribution in [2.75, 3.05) is 29.9 Å². The van der Waals surface area contributed by atoms with E-state index in [1.165, 1.54) is 6.20 Å². The van der Waals surface area contributed by atoms with Crippen LogP contribution in [0, 0.1) is 5.82 Å². The number of aryl methyl sites for hydroxylation is 1. The average molecular weight is 475 g/mol. The standard InChI is InChI=1S/C26H31FN8/c1-5-28-18-10-11-35(15-18)19-7-9-23(29-13-19)31-26-30-14-21(27)24(32-26)17-6-8-22-20(12-17)25(16(2)3)34(4)33-22/h6-9,12-14,16,18,28H,5,10-11,15H2,1-4H3,(H,29,30,31,32). The molecule has 1 unspecified atom stereocenters. The molecule has 5 rings (SSSR count). The number of halogens is 1. The average Bonchev–Trinajstić information content (AvgIpc) is 3.44. The van der Waals surface area contributed by atoms with Crippen LogP contribution in [0.4, 0.5) is 21.8 Å². The first-order valence-corrected chi connectivity index (χ1v) is 12.1. The molecule has 0 bridgehead atoms. The van der Waals surface area contributed by atoms with E-state index in [4.69, 9.17) is 0 Å². The van der Waals surface area contributed by atoms with Gasteiger partial charge in [0.25, 0.3) is 0 Å². The lowest BCUT2D eigenvalue weighted by Crippen LogP contribution is -2.32. The Labute approximate surface area is 204 Å². The zero-order chi connectivity index (χ0) is 24.5. The molecule has 35 heavy (non-hydrogen) atoms. The number of nitrogens with one attached hydrogen (secondary N) is 2. The summed E-state index contributed by atoms with van der Waals surface area (Å²) in [5, 5.41) is 12.2. The molecule has 1 aromatic carbocycles. The number of likely N-dealkylation sites (N-methyl/N-ethyl adjacent to an activating group) is 1. The van der Waals surface area contributed by atoms with E-state index in [0.717, 1.165) is 48.3 Å². The zero-order valence-electron chi connectivity index (χ0n) is 20.6. The number of hydrogen-bond acceptors (Lipinski definition) is 7. The van der Waals surface area contributed by atoms with Crippen molar-refractivity contribution in [1.82, 2.24) is 30.0 Å². The van der Waals surface area contributed by atoms with Crippen molar-refractivity contribution in [2.24, 2.45) is 7.05 Å². The molecule has 4 heterocycles. The van der Waals surface area contributed by atoms with Crippen LogP contribution in [0.2, 0.25) is 0 Å². The van der Waals surface area contributed by atoms with Gasteiger partial charge in [-0.25, -0.2) is 19.3 Å². The lowest BCUT2D eigenvalue weighted by molar-refractivity contribution is 0.572. The third kappa shape index (κ3) is 4.68. The van der Waals surface area contributed by atoms with Gasteiger partial charge in [0.2, 0.25) is 5.95 Å². The molecule has 8 nitrogen and oxygen atoms in total. The fourth-order valence-corrected chi connectivity index (χ4v) is 4.89. The summed E-state index contributed by atoms with van der Waals surface area (Å²) in [5.74, 6) is 0.720. The van der Waals surface area contributed by atoms with E-state index >= 15 is 0 Å². The molecule has 0 saturated carbocycles. The van der Waals surface area contributed by atoms with E-state index in [1.807, 2.05) is 48.3 Å². The minimum absolute atomic E-state index is 0.242. The van der Waals surface area contributed by atoms with Crippen LogP contribution in [0.3, 0.4) is 0 Å². The van der Waals surface area contributed by atoms with E-state index in [2.05, 4.69) is 56.4 Å². The number of nitrogens with zero attached hydrogens (tertiary/aromatic N) is 6. The molecule has 1 aliphatic rings. The van der Waals surface area contributed by atoms with E-state index < -0.39 is 5.82 Å². The van der Waals surface area contributed by atoms with Crippen molar-refractivity contribution in [2.45, 2.75) is 39.2 Å². The van der Waals surface area contributed by atoms with Crippen molar-refractivity contribution in [3.8, 4) is 11.3 Å². The maximum absolute atomic E-state index is 14.8. The van der Waals surface area contributed by atoms with Crippen molar-refractivity contribution in [3.63, 3.8) is 0 Å². The van der Waals surface area contributed by atoms with Gasteiger partial charge in [-0.05, 0) is 43.1 Å². The first-order valence-electron chi connectivity index (χ1n) is 12.1. The number of fused-ring (bicyclic) bond motifs is 1. The lowest BCUT2D eigenvalue weighted by atomic mass is 10.0. The van der Waals surface area contributed by atoms with Crippen LogP contribution < -0.4 is 15.5 Å². The van der Waals surface area contributed by atoms with Crippen LogP contribution in [-0.2, 0) is 7.05 Å². The topological polar surface area (TPSA) is 83.8 Å². The van der Waals surface area contributed by atoms with Crippen molar-refractivity contribution >= 4 is 28.4 Å². The molecule has 2 N–H and O–H groups in total. The highest BCUT2D eigenvalue weighted by Gasteiger charge is 2.22. The fourth-order valence-electron chi connectivity index (χ4n) is 4.89. The summed E-state index contributed by atoms with van der Waals surface area (Å²) in [7, 11) is 1.94. The summed E-state index contributed by atoms with van der Waals surface area (Å²) in [6.45, 7) is 9.35. The number of hydrogen-bond donors (Lipinski definition) is 2. The van der Waals surface area contributed by atoms with Gasteiger partial charge in [-0.15, -0.1) is 0 Å². The summed E-state index contributed by atoms with van der Waals surface area (Å²) in [6, 6.07) is 10.2. The maximum Gasteiger partial charge on any atom is 0.229 e. The number of pyridine rings is 1. The van der Waals surface area contributed by atoms with E-state index in [-0.39, 0.29) is 11.6 Å². The molecule has 1 saturated heterocycles. The SMILES string of the molecule is CCNC1CCN(c2ccc(Nc3ncc(F)c(-c4ccc5nn(C)c(C(C)C)c5c4)n3)nc2)C1. The Bertz CT molecular complexity index is 1330. The number of aromatic nitrogens is 5. The smallest absolute Gasteiger partial charge is 0.229 e. The van der Waals surface area contributed by atoms with Gasteiger partial charge >= 0.3 is 0 Å². The van der Waals surface area contributed by atoms with Crippen LogP contribution in [0.15, 0.2) is 42.7 Å². The Morgan fingerprint density at radius 3 is 2.74 bits per heavy atom. The van der Waals surface area contributed by atoms with Crippen LogP contribution in [0.5, 0.6) is 0 Å². The van der Waals surface area contributed by atoms with Gasteiger partial charge in [-0.3, -0.25) is 4.68 Å². The van der Waals surface area contributed by atoms with Gasteiger partial charge in [0, 0.05) is 42.8 Å². The van der Waals surface area contributed by atoms with Crippen LogP contribution in [0.1, 0.15) is 38.8 Å². The van der Waals surface area contributed by atoms with E-state index in [9.17, 15) is 4.39 Å². The number of benzene rings is 1. The third-order valence-corrected chi connectivity index (χ3v) is 6.48. The molecule has 1 aliphatic heterocycles. The predicted octanol–water partition coefficient (Wildman–Crippen LogP) is 4.62. The molecule has 182 valence electrons. The van der Waals surface area contributed by atoms with Crippen molar-refractivity contribution < 1.29 is 4.39 Å². The molecule has 0 spiro atoms. The molecule has 1 atom stereocenters. The fraction of sp³-hybridized carbons (Fsp3) is 0.385. The van der Waals surface area contributed by atoms with Gasteiger partial charge in [-0.2, -0.15) is 5.10 Å². The zero-order valence-corrected chi connectivity index (χ0v) is 20.6. The Kier molecular flexibility index (Phi) is 6.34. The highest BCUT2D eigenvalue weighted by atomic mass is 19.1.